The van der Waals surface area contributed by atoms with Crippen LogP contribution in [0.2, 0.25) is 0 Å². The molecule has 0 radical (unpaired) electrons. The van der Waals surface area contributed by atoms with Gasteiger partial charge in [0.2, 0.25) is 0 Å². The maximum Gasteiger partial charge on any atom is 0.530 e. The number of ether oxygens (including phenoxy) is 2. The number of nitrogens with one attached hydrogen (secondary N) is 1. The largest absolute Gasteiger partial charge is 0.530 e. The molecule has 2 aliphatic rings. The summed E-state index contributed by atoms with van der Waals surface area (Å²) >= 11 is 4.83. The smallest absolute Gasteiger partial charge is 0.493 e. The number of H-pyrrole nitrogens is 1. The fraction of sp³-hybridized carbons (Fsp3) is 0.389. The van der Waals surface area contributed by atoms with E-state index in [1.165, 1.54) is 7.11 Å². The molecular weight excluding hydrogens is 486 g/mol. The summed E-state index contributed by atoms with van der Waals surface area (Å²) in [5.41, 5.74) is -0.551. The lowest BCUT2D eigenvalue weighted by atomic mass is 10.1. The Bertz CT molecular complexity index is 1240. The van der Waals surface area contributed by atoms with Crippen molar-refractivity contribution in [1.29, 1.82) is 0 Å². The van der Waals surface area contributed by atoms with Gasteiger partial charge in [0.1, 0.15) is 23.5 Å². The van der Waals surface area contributed by atoms with Crippen LogP contribution in [0.5, 0.6) is 11.5 Å². The van der Waals surface area contributed by atoms with Gasteiger partial charge in [-0.25, -0.2) is 13.8 Å². The summed E-state index contributed by atoms with van der Waals surface area (Å²) in [5, 5.41) is 20.5. The topological polar surface area (TPSA) is 159 Å². The van der Waals surface area contributed by atoms with Crippen LogP contribution in [-0.2, 0) is 25.0 Å². The summed E-state index contributed by atoms with van der Waals surface area (Å²) in [6.07, 6.45) is -4.67. The van der Waals surface area contributed by atoms with Crippen molar-refractivity contribution in [2.75, 3.05) is 13.7 Å². The number of carbonyl (C=O) groups is 1. The van der Waals surface area contributed by atoms with Crippen LogP contribution >= 0.6 is 20.0 Å². The summed E-state index contributed by atoms with van der Waals surface area (Å²) in [6.45, 7) is -1.38. The van der Waals surface area contributed by atoms with Gasteiger partial charge >= 0.3 is 13.5 Å². The van der Waals surface area contributed by atoms with Crippen molar-refractivity contribution in [1.82, 2.24) is 9.55 Å². The number of nitrogens with zero attached hydrogens (tertiary/aromatic N) is 1. The molecular formula is C18H18FN2O10PS. The Morgan fingerprint density at radius 3 is 2.91 bits per heavy atom. The van der Waals surface area contributed by atoms with E-state index in [1.54, 1.807) is 18.2 Å². The third kappa shape index (κ3) is 4.26. The number of hydrogen-bond donors (Lipinski definition) is 3. The first-order chi connectivity index (χ1) is 15.6. The molecule has 2 aromatic rings. The van der Waals surface area contributed by atoms with E-state index in [4.69, 9.17) is 35.3 Å². The maximum atomic E-state index is 15.4. The number of benzene rings is 1. The van der Waals surface area contributed by atoms with Gasteiger partial charge in [-0.2, -0.15) is 0 Å². The molecule has 12 nitrogen and oxygen atoms in total. The maximum absolute atomic E-state index is 15.4. The Hall–Kier alpha value is -2.45. The van der Waals surface area contributed by atoms with E-state index in [1.807, 2.05) is 0 Å². The molecule has 5 atom stereocenters. The SMILES string of the molecule is COc1cccc2c1OP(=O)(OC[C@@]1(F)O[C@@H](n3cc(C=O)c(=S)[nH]c3=O)[C@H](O)[C@@H]1O)OC2. The van der Waals surface area contributed by atoms with Crippen LogP contribution in [0.15, 0.2) is 29.2 Å². The van der Waals surface area contributed by atoms with Crippen molar-refractivity contribution in [3.8, 4) is 11.5 Å². The second kappa shape index (κ2) is 8.72. The normalized spacial score (nSPS) is 31.0. The second-order valence-corrected chi connectivity index (χ2v) is 9.13. The molecule has 3 heterocycles. The van der Waals surface area contributed by atoms with Gasteiger partial charge in [-0.15, -0.1) is 0 Å². The number of fused-ring (bicyclic) bond motifs is 1. The van der Waals surface area contributed by atoms with Gasteiger partial charge in [-0.05, 0) is 6.07 Å². The van der Waals surface area contributed by atoms with E-state index in [0.717, 1.165) is 6.20 Å². The van der Waals surface area contributed by atoms with Crippen LogP contribution in [0.25, 0.3) is 0 Å². The van der Waals surface area contributed by atoms with Crippen molar-refractivity contribution in [2.24, 2.45) is 0 Å². The molecule has 178 valence electrons. The van der Waals surface area contributed by atoms with Gasteiger partial charge in [-0.3, -0.25) is 23.4 Å². The number of aromatic amines is 1. The number of para-hydroxylation sites is 1. The van der Waals surface area contributed by atoms with E-state index in [2.05, 4.69) is 4.98 Å². The van der Waals surface area contributed by atoms with E-state index >= 15 is 4.39 Å². The first-order valence-corrected chi connectivity index (χ1v) is 11.3. The Morgan fingerprint density at radius 2 is 2.21 bits per heavy atom. The zero-order chi connectivity index (χ0) is 24.0. The van der Waals surface area contributed by atoms with Crippen LogP contribution < -0.4 is 15.0 Å². The lowest BCUT2D eigenvalue weighted by Crippen LogP contribution is -2.43. The van der Waals surface area contributed by atoms with Crippen molar-refractivity contribution >= 4 is 26.3 Å². The van der Waals surface area contributed by atoms with E-state index < -0.39 is 44.4 Å². The highest BCUT2D eigenvalue weighted by Crippen LogP contribution is 2.57. The average molecular weight is 504 g/mol. The second-order valence-electron chi connectivity index (χ2n) is 7.13. The van der Waals surface area contributed by atoms with Crippen molar-refractivity contribution in [3.63, 3.8) is 0 Å². The number of halogens is 1. The number of aromatic nitrogens is 2. The summed E-state index contributed by atoms with van der Waals surface area (Å²) in [5.74, 6) is -2.79. The predicted octanol–water partition coefficient (Wildman–Crippen LogP) is 1.38. The number of methoxy groups -OCH3 is 1. The van der Waals surface area contributed by atoms with Crippen molar-refractivity contribution in [3.05, 3.63) is 50.6 Å². The molecule has 1 aromatic carbocycles. The molecule has 1 unspecified atom stereocenters. The van der Waals surface area contributed by atoms with Gasteiger partial charge in [-0.1, -0.05) is 24.4 Å². The van der Waals surface area contributed by atoms with Gasteiger partial charge in [0.05, 0.1) is 19.3 Å². The molecule has 4 rings (SSSR count). The zero-order valence-electron chi connectivity index (χ0n) is 16.9. The first-order valence-electron chi connectivity index (χ1n) is 9.39. The number of aliphatic hydroxyl groups excluding tert-OH is 2. The standard InChI is InChI=1S/C18H18FN2O10PS/c1-27-11-4-2-3-9-7-28-32(26,31-13(9)11)29-8-18(19)14(24)12(23)16(30-18)21-5-10(6-22)15(33)20-17(21)25/h2-6,12,14,16,23-24H,7-8H2,1H3,(H,20,25,33)/t12-,14+,16-,18-,32?/m1/s1. The average Bonchev–Trinajstić information content (AvgIpc) is 3.02. The number of aldehydes is 1. The minimum absolute atomic E-state index is 0.0841. The molecule has 3 N–H and O–H groups in total. The fourth-order valence-corrected chi connectivity index (χ4v) is 4.75. The highest BCUT2D eigenvalue weighted by molar-refractivity contribution is 7.71. The molecule has 0 aliphatic carbocycles. The molecule has 1 aromatic heterocycles. The summed E-state index contributed by atoms with van der Waals surface area (Å²) in [6, 6.07) is 4.85. The third-order valence-electron chi connectivity index (χ3n) is 5.05. The highest BCUT2D eigenvalue weighted by atomic mass is 32.1. The van der Waals surface area contributed by atoms with E-state index in [9.17, 15) is 24.4 Å². The van der Waals surface area contributed by atoms with Crippen LogP contribution in [0.3, 0.4) is 0 Å². The van der Waals surface area contributed by atoms with Gasteiger partial charge in [0.15, 0.2) is 24.0 Å². The molecule has 15 heteroatoms. The minimum atomic E-state index is -4.38. The van der Waals surface area contributed by atoms with Crippen LogP contribution in [0.1, 0.15) is 22.1 Å². The molecule has 33 heavy (non-hydrogen) atoms. The summed E-state index contributed by atoms with van der Waals surface area (Å²) < 4.78 is 54.4. The quantitative estimate of drug-likeness (QED) is 0.296. The predicted molar refractivity (Wildman–Crippen MR) is 109 cm³/mol. The highest BCUT2D eigenvalue weighted by Gasteiger charge is 2.57. The summed E-state index contributed by atoms with van der Waals surface area (Å²) in [7, 11) is -3.01. The molecule has 1 saturated heterocycles. The van der Waals surface area contributed by atoms with E-state index in [0.29, 0.717) is 16.4 Å². The Kier molecular flexibility index (Phi) is 6.26. The van der Waals surface area contributed by atoms with Gasteiger partial charge < -0.3 is 24.2 Å². The Balaban J connectivity index is 1.55. The molecule has 0 spiro atoms. The Labute approximate surface area is 190 Å². The molecule has 0 amide bonds. The first kappa shape index (κ1) is 23.7. The number of rotatable bonds is 6. The third-order valence-corrected chi connectivity index (χ3v) is 6.69. The van der Waals surface area contributed by atoms with E-state index in [-0.39, 0.29) is 28.3 Å². The van der Waals surface area contributed by atoms with Crippen molar-refractivity contribution in [2.45, 2.75) is 30.9 Å². The summed E-state index contributed by atoms with van der Waals surface area (Å²) in [4.78, 5) is 25.5. The van der Waals surface area contributed by atoms with Crippen LogP contribution in [-0.4, -0.2) is 57.8 Å². The number of hydrogen-bond acceptors (Lipinski definition) is 11. The van der Waals surface area contributed by atoms with Gasteiger partial charge in [0.25, 0.3) is 5.85 Å². The number of alkyl halides is 1. The number of aliphatic hydroxyl groups is 2. The van der Waals surface area contributed by atoms with Crippen LogP contribution in [0.4, 0.5) is 4.39 Å². The number of carbonyl (C=O) groups excluding carboxylic acids is 1. The zero-order valence-corrected chi connectivity index (χ0v) is 18.6. The molecule has 1 fully saturated rings. The molecule has 0 bridgehead atoms. The fourth-order valence-electron chi connectivity index (χ4n) is 3.32. The van der Waals surface area contributed by atoms with Gasteiger partial charge in [0, 0.05) is 11.8 Å². The van der Waals surface area contributed by atoms with Crippen molar-refractivity contribution < 1.29 is 47.0 Å². The number of phosphoric acid groups is 1. The number of phosphoric ester groups is 1. The lowest BCUT2D eigenvalue weighted by Gasteiger charge is -2.28. The molecule has 2 aliphatic heterocycles. The lowest BCUT2D eigenvalue weighted by molar-refractivity contribution is -0.205. The minimum Gasteiger partial charge on any atom is -0.493 e. The molecule has 0 saturated carbocycles. The Morgan fingerprint density at radius 1 is 1.45 bits per heavy atom. The monoisotopic (exact) mass is 504 g/mol. The van der Waals surface area contributed by atoms with Crippen LogP contribution in [0, 0.1) is 4.64 Å².